The molecule has 2 nitrogen and oxygen atoms in total. The minimum absolute atomic E-state index is 0.0949. The Morgan fingerprint density at radius 2 is 1.60 bits per heavy atom. The molecule has 0 bridgehead atoms. The van der Waals surface area contributed by atoms with Crippen molar-refractivity contribution in [2.75, 3.05) is 0 Å². The number of hydrogen-bond acceptors (Lipinski definition) is 2. The fourth-order valence-corrected chi connectivity index (χ4v) is 2.66. The topological polar surface area (TPSA) is 34.1 Å². The normalized spacial score (nSPS) is 11.8. The molecule has 0 spiro atoms. The van der Waals surface area contributed by atoms with Gasteiger partial charge in [0.2, 0.25) is 9.05 Å². The van der Waals surface area contributed by atoms with Gasteiger partial charge in [-0.2, -0.15) is 0 Å². The third kappa shape index (κ3) is 2.95. The van der Waals surface area contributed by atoms with Crippen molar-refractivity contribution in [2.24, 2.45) is 0 Å². The molecule has 0 radical (unpaired) electrons. The number of hydrogen-bond donors (Lipinski definition) is 0. The van der Waals surface area contributed by atoms with Gasteiger partial charge in [0.05, 0.1) is 5.75 Å². The number of halogens is 1. The van der Waals surface area contributed by atoms with Crippen molar-refractivity contribution in [2.45, 2.75) is 33.4 Å². The van der Waals surface area contributed by atoms with E-state index in [1.807, 2.05) is 33.8 Å². The van der Waals surface area contributed by atoms with Crippen LogP contribution in [-0.4, -0.2) is 8.42 Å². The molecule has 0 aliphatic rings. The van der Waals surface area contributed by atoms with Crippen LogP contribution in [-0.2, 0) is 14.8 Å². The standard InChI is InChI=1S/C11H15ClO2S/c1-7-5-11(6-15(12,13)14)10(4)9(3)8(7)2/h5H,6H2,1-4H3. The number of benzene rings is 1. The van der Waals surface area contributed by atoms with Gasteiger partial charge in [0, 0.05) is 10.7 Å². The number of aryl methyl sites for hydroxylation is 1. The van der Waals surface area contributed by atoms with Crippen LogP contribution in [0.1, 0.15) is 27.8 Å². The van der Waals surface area contributed by atoms with Crippen LogP contribution < -0.4 is 0 Å². The van der Waals surface area contributed by atoms with Gasteiger partial charge < -0.3 is 0 Å². The summed E-state index contributed by atoms with van der Waals surface area (Å²) < 4.78 is 22.1. The van der Waals surface area contributed by atoms with E-state index in [4.69, 9.17) is 10.7 Å². The molecule has 0 aliphatic carbocycles. The highest BCUT2D eigenvalue weighted by molar-refractivity contribution is 8.13. The lowest BCUT2D eigenvalue weighted by Gasteiger charge is -2.13. The molecule has 1 aromatic carbocycles. The van der Waals surface area contributed by atoms with Crippen LogP contribution >= 0.6 is 10.7 Å². The highest BCUT2D eigenvalue weighted by atomic mass is 35.7. The molecule has 4 heteroatoms. The fourth-order valence-electron chi connectivity index (χ4n) is 1.63. The van der Waals surface area contributed by atoms with Crippen molar-refractivity contribution in [3.8, 4) is 0 Å². The van der Waals surface area contributed by atoms with E-state index in [1.165, 1.54) is 5.56 Å². The van der Waals surface area contributed by atoms with E-state index < -0.39 is 9.05 Å². The van der Waals surface area contributed by atoms with Gasteiger partial charge in [-0.15, -0.1) is 0 Å². The monoisotopic (exact) mass is 246 g/mol. The first kappa shape index (κ1) is 12.5. The van der Waals surface area contributed by atoms with Crippen molar-refractivity contribution < 1.29 is 8.42 Å². The number of rotatable bonds is 2. The Morgan fingerprint density at radius 1 is 1.07 bits per heavy atom. The minimum Gasteiger partial charge on any atom is -0.212 e. The molecule has 1 rings (SSSR count). The summed E-state index contributed by atoms with van der Waals surface area (Å²) in [5.74, 6) is -0.0949. The maximum atomic E-state index is 11.0. The van der Waals surface area contributed by atoms with Crippen molar-refractivity contribution in [3.05, 3.63) is 33.9 Å². The van der Waals surface area contributed by atoms with Gasteiger partial charge in [0.15, 0.2) is 0 Å². The van der Waals surface area contributed by atoms with E-state index in [9.17, 15) is 8.42 Å². The summed E-state index contributed by atoms with van der Waals surface area (Å²) in [6, 6.07) is 1.90. The zero-order valence-corrected chi connectivity index (χ0v) is 11.0. The molecule has 0 atom stereocenters. The summed E-state index contributed by atoms with van der Waals surface area (Å²) in [6.45, 7) is 7.95. The zero-order chi connectivity index (χ0) is 11.8. The Bertz CT molecular complexity index is 490. The maximum absolute atomic E-state index is 11.0. The molecule has 0 saturated carbocycles. The van der Waals surface area contributed by atoms with Crippen molar-refractivity contribution >= 4 is 19.7 Å². The van der Waals surface area contributed by atoms with E-state index in [0.717, 1.165) is 22.3 Å². The molecule has 0 N–H and O–H groups in total. The molecule has 84 valence electrons. The molecule has 0 fully saturated rings. The quantitative estimate of drug-likeness (QED) is 0.752. The molecular weight excluding hydrogens is 232 g/mol. The Labute approximate surface area is 95.7 Å². The lowest BCUT2D eigenvalue weighted by molar-refractivity contribution is 0.608. The van der Waals surface area contributed by atoms with Crippen molar-refractivity contribution in [1.82, 2.24) is 0 Å². The van der Waals surface area contributed by atoms with Crippen LogP contribution in [0, 0.1) is 27.7 Å². The van der Waals surface area contributed by atoms with Gasteiger partial charge in [0.25, 0.3) is 0 Å². The smallest absolute Gasteiger partial charge is 0.212 e. The van der Waals surface area contributed by atoms with Crippen LogP contribution in [0.15, 0.2) is 6.07 Å². The maximum Gasteiger partial charge on any atom is 0.236 e. The Morgan fingerprint density at radius 3 is 2.07 bits per heavy atom. The lowest BCUT2D eigenvalue weighted by Crippen LogP contribution is -2.02. The Balaban J connectivity index is 3.33. The summed E-state index contributed by atoms with van der Waals surface area (Å²) in [4.78, 5) is 0. The molecule has 15 heavy (non-hydrogen) atoms. The Hall–Kier alpha value is -0.540. The first-order chi connectivity index (χ1) is 6.72. The van der Waals surface area contributed by atoms with Gasteiger partial charge in [-0.05, 0) is 55.5 Å². The van der Waals surface area contributed by atoms with Gasteiger partial charge in [-0.3, -0.25) is 0 Å². The second kappa shape index (κ2) is 4.14. The van der Waals surface area contributed by atoms with Crippen LogP contribution in [0.25, 0.3) is 0 Å². The SMILES string of the molecule is Cc1cc(CS(=O)(=O)Cl)c(C)c(C)c1C. The highest BCUT2D eigenvalue weighted by Gasteiger charge is 2.13. The van der Waals surface area contributed by atoms with E-state index >= 15 is 0 Å². The molecule has 1 aromatic rings. The predicted octanol–water partition coefficient (Wildman–Crippen LogP) is 2.99. The minimum atomic E-state index is -3.47. The summed E-state index contributed by atoms with van der Waals surface area (Å²) in [5.41, 5.74) is 5.27. The third-order valence-corrected chi connectivity index (χ3v) is 3.90. The third-order valence-electron chi connectivity index (χ3n) is 2.92. The molecule has 0 heterocycles. The molecule has 0 saturated heterocycles. The van der Waals surface area contributed by atoms with E-state index in [2.05, 4.69) is 0 Å². The average molecular weight is 247 g/mol. The Kier molecular flexibility index (Phi) is 3.46. The summed E-state index contributed by atoms with van der Waals surface area (Å²) in [7, 11) is 1.78. The molecule has 0 unspecified atom stereocenters. The average Bonchev–Trinajstić information content (AvgIpc) is 2.08. The van der Waals surface area contributed by atoms with Crippen molar-refractivity contribution in [3.63, 3.8) is 0 Å². The van der Waals surface area contributed by atoms with Crippen LogP contribution in [0.4, 0.5) is 0 Å². The molecule has 0 aliphatic heterocycles. The predicted molar refractivity (Wildman–Crippen MR) is 63.9 cm³/mol. The van der Waals surface area contributed by atoms with E-state index in [-0.39, 0.29) is 5.75 Å². The largest absolute Gasteiger partial charge is 0.236 e. The second-order valence-corrected chi connectivity index (χ2v) is 6.69. The second-order valence-electron chi connectivity index (χ2n) is 3.91. The molecule has 0 amide bonds. The van der Waals surface area contributed by atoms with E-state index in [0.29, 0.717) is 0 Å². The van der Waals surface area contributed by atoms with Gasteiger partial charge in [0.1, 0.15) is 0 Å². The molecular formula is C11H15ClO2S. The lowest BCUT2D eigenvalue weighted by atomic mass is 9.95. The summed E-state index contributed by atoms with van der Waals surface area (Å²) in [6.07, 6.45) is 0. The van der Waals surface area contributed by atoms with Gasteiger partial charge >= 0.3 is 0 Å². The fraction of sp³-hybridized carbons (Fsp3) is 0.455. The summed E-state index contributed by atoms with van der Waals surface area (Å²) in [5, 5.41) is 0. The van der Waals surface area contributed by atoms with Gasteiger partial charge in [-0.1, -0.05) is 6.07 Å². The van der Waals surface area contributed by atoms with E-state index in [1.54, 1.807) is 0 Å². The van der Waals surface area contributed by atoms with Gasteiger partial charge in [-0.25, -0.2) is 8.42 Å². The van der Waals surface area contributed by atoms with Crippen LogP contribution in [0.3, 0.4) is 0 Å². The highest BCUT2D eigenvalue weighted by Crippen LogP contribution is 2.23. The first-order valence-corrected chi connectivity index (χ1v) is 7.19. The zero-order valence-electron chi connectivity index (χ0n) is 9.39. The van der Waals surface area contributed by atoms with Crippen molar-refractivity contribution in [1.29, 1.82) is 0 Å². The first-order valence-electron chi connectivity index (χ1n) is 4.71. The molecule has 0 aromatic heterocycles. The van der Waals surface area contributed by atoms with Crippen LogP contribution in [0.5, 0.6) is 0 Å². The summed E-state index contributed by atoms with van der Waals surface area (Å²) >= 11 is 0. The van der Waals surface area contributed by atoms with Crippen LogP contribution in [0.2, 0.25) is 0 Å².